The van der Waals surface area contributed by atoms with Crippen molar-refractivity contribution in [2.45, 2.75) is 6.92 Å². The fourth-order valence-corrected chi connectivity index (χ4v) is 1.49. The van der Waals surface area contributed by atoms with Crippen LogP contribution >= 0.6 is 0 Å². The molecule has 0 aliphatic heterocycles. The standard InChI is InChI=1S/C14H13NO3/c1-9-2-5-11(6-3-9)18-13-8-10(14(16)17)4-7-12(13)15/h2-8H,15H2,1H3,(H,16,17). The van der Waals surface area contributed by atoms with E-state index in [0.717, 1.165) is 5.56 Å². The first kappa shape index (κ1) is 12.0. The third-order valence-electron chi connectivity index (χ3n) is 2.51. The summed E-state index contributed by atoms with van der Waals surface area (Å²) in [6, 6.07) is 11.8. The van der Waals surface area contributed by atoms with Crippen LogP contribution in [0.4, 0.5) is 5.69 Å². The van der Waals surface area contributed by atoms with Crippen LogP contribution in [0.15, 0.2) is 42.5 Å². The fraction of sp³-hybridized carbons (Fsp3) is 0.0714. The number of ether oxygens (including phenoxy) is 1. The third kappa shape index (κ3) is 2.60. The Morgan fingerprint density at radius 1 is 1.17 bits per heavy atom. The van der Waals surface area contributed by atoms with Gasteiger partial charge in [-0.15, -0.1) is 0 Å². The summed E-state index contributed by atoms with van der Waals surface area (Å²) in [7, 11) is 0. The number of hydrogen-bond acceptors (Lipinski definition) is 3. The Morgan fingerprint density at radius 3 is 2.44 bits per heavy atom. The number of carbonyl (C=O) groups is 1. The van der Waals surface area contributed by atoms with Crippen molar-refractivity contribution in [2.24, 2.45) is 0 Å². The minimum Gasteiger partial charge on any atom is -0.478 e. The Bertz CT molecular complexity index is 576. The van der Waals surface area contributed by atoms with E-state index in [0.29, 0.717) is 17.2 Å². The predicted octanol–water partition coefficient (Wildman–Crippen LogP) is 3.07. The SMILES string of the molecule is Cc1ccc(Oc2cc(C(=O)O)ccc2N)cc1. The summed E-state index contributed by atoms with van der Waals surface area (Å²) in [5, 5.41) is 8.91. The lowest BCUT2D eigenvalue weighted by molar-refractivity contribution is 0.0696. The lowest BCUT2D eigenvalue weighted by Gasteiger charge is -2.09. The van der Waals surface area contributed by atoms with E-state index in [-0.39, 0.29) is 5.56 Å². The van der Waals surface area contributed by atoms with Crippen molar-refractivity contribution in [3.63, 3.8) is 0 Å². The molecule has 92 valence electrons. The number of hydrogen-bond donors (Lipinski definition) is 2. The Kier molecular flexibility index (Phi) is 3.19. The van der Waals surface area contributed by atoms with Crippen LogP contribution in [0, 0.1) is 6.92 Å². The Hall–Kier alpha value is -2.49. The van der Waals surface area contributed by atoms with Crippen molar-refractivity contribution in [3.05, 3.63) is 53.6 Å². The van der Waals surface area contributed by atoms with Crippen molar-refractivity contribution in [1.82, 2.24) is 0 Å². The zero-order valence-corrected chi connectivity index (χ0v) is 9.88. The second kappa shape index (κ2) is 4.79. The van der Waals surface area contributed by atoms with E-state index >= 15 is 0 Å². The quantitative estimate of drug-likeness (QED) is 0.812. The molecule has 0 aliphatic rings. The van der Waals surface area contributed by atoms with Gasteiger partial charge in [0.1, 0.15) is 5.75 Å². The molecule has 0 unspecified atom stereocenters. The molecule has 0 atom stereocenters. The highest BCUT2D eigenvalue weighted by Gasteiger charge is 2.08. The van der Waals surface area contributed by atoms with Gasteiger partial charge in [0.2, 0.25) is 0 Å². The van der Waals surface area contributed by atoms with Crippen LogP contribution in [0.1, 0.15) is 15.9 Å². The van der Waals surface area contributed by atoms with Gasteiger partial charge in [0.05, 0.1) is 11.3 Å². The highest BCUT2D eigenvalue weighted by atomic mass is 16.5. The molecule has 0 aliphatic carbocycles. The molecule has 18 heavy (non-hydrogen) atoms. The van der Waals surface area contributed by atoms with Crippen LogP contribution < -0.4 is 10.5 Å². The number of carboxylic acid groups (broad SMARTS) is 1. The maximum atomic E-state index is 10.9. The first-order valence-corrected chi connectivity index (χ1v) is 5.43. The van der Waals surface area contributed by atoms with Gasteiger partial charge in [-0.1, -0.05) is 17.7 Å². The van der Waals surface area contributed by atoms with Crippen LogP contribution in [0.3, 0.4) is 0 Å². The first-order valence-electron chi connectivity index (χ1n) is 5.43. The molecule has 4 heteroatoms. The fourth-order valence-electron chi connectivity index (χ4n) is 1.49. The van der Waals surface area contributed by atoms with Gasteiger partial charge in [0.25, 0.3) is 0 Å². The average molecular weight is 243 g/mol. The molecular formula is C14H13NO3. The third-order valence-corrected chi connectivity index (χ3v) is 2.51. The number of rotatable bonds is 3. The molecule has 0 aromatic heterocycles. The van der Waals surface area contributed by atoms with Crippen molar-refractivity contribution in [1.29, 1.82) is 0 Å². The van der Waals surface area contributed by atoms with E-state index in [1.807, 2.05) is 31.2 Å². The summed E-state index contributed by atoms with van der Waals surface area (Å²) < 4.78 is 5.57. The van der Waals surface area contributed by atoms with Gasteiger partial charge in [0, 0.05) is 0 Å². The summed E-state index contributed by atoms with van der Waals surface area (Å²) in [5.41, 5.74) is 7.42. The molecule has 2 aromatic rings. The van der Waals surface area contributed by atoms with E-state index in [1.54, 1.807) is 0 Å². The van der Waals surface area contributed by atoms with Crippen LogP contribution in [0.5, 0.6) is 11.5 Å². The largest absolute Gasteiger partial charge is 0.478 e. The van der Waals surface area contributed by atoms with Gasteiger partial charge in [-0.05, 0) is 37.3 Å². The Morgan fingerprint density at radius 2 is 1.83 bits per heavy atom. The van der Waals surface area contributed by atoms with E-state index < -0.39 is 5.97 Å². The number of nitrogen functional groups attached to an aromatic ring is 1. The molecule has 0 bridgehead atoms. The smallest absolute Gasteiger partial charge is 0.335 e. The van der Waals surface area contributed by atoms with Crippen LogP contribution in [0.25, 0.3) is 0 Å². The molecule has 0 fully saturated rings. The number of benzene rings is 2. The lowest BCUT2D eigenvalue weighted by atomic mass is 10.2. The molecule has 3 N–H and O–H groups in total. The van der Waals surface area contributed by atoms with E-state index in [1.165, 1.54) is 18.2 Å². The molecule has 0 saturated carbocycles. The normalized spacial score (nSPS) is 10.1. The number of carboxylic acids is 1. The molecule has 4 nitrogen and oxygen atoms in total. The minimum atomic E-state index is -1.01. The van der Waals surface area contributed by atoms with Gasteiger partial charge in [0.15, 0.2) is 5.75 Å². The van der Waals surface area contributed by atoms with Crippen LogP contribution in [0.2, 0.25) is 0 Å². The molecule has 0 heterocycles. The lowest BCUT2D eigenvalue weighted by Crippen LogP contribution is -1.99. The number of aryl methyl sites for hydroxylation is 1. The Balaban J connectivity index is 2.30. The number of aromatic carboxylic acids is 1. The van der Waals surface area contributed by atoms with Gasteiger partial charge in [-0.25, -0.2) is 4.79 Å². The summed E-state index contributed by atoms with van der Waals surface area (Å²) >= 11 is 0. The van der Waals surface area contributed by atoms with E-state index in [4.69, 9.17) is 15.6 Å². The first-order chi connectivity index (χ1) is 8.56. The maximum absolute atomic E-state index is 10.9. The van der Waals surface area contributed by atoms with Gasteiger partial charge < -0.3 is 15.6 Å². The molecule has 0 spiro atoms. The summed E-state index contributed by atoms with van der Waals surface area (Å²) in [5.74, 6) is -0.0441. The van der Waals surface area contributed by atoms with E-state index in [2.05, 4.69) is 0 Å². The van der Waals surface area contributed by atoms with Gasteiger partial charge >= 0.3 is 5.97 Å². The molecule has 0 saturated heterocycles. The molecule has 0 amide bonds. The molecule has 2 aromatic carbocycles. The highest BCUT2D eigenvalue weighted by molar-refractivity contribution is 5.89. The summed E-state index contributed by atoms with van der Waals surface area (Å²) in [4.78, 5) is 10.9. The van der Waals surface area contributed by atoms with Gasteiger partial charge in [-0.2, -0.15) is 0 Å². The average Bonchev–Trinajstić information content (AvgIpc) is 2.34. The molecule has 2 rings (SSSR count). The van der Waals surface area contributed by atoms with Crippen molar-refractivity contribution < 1.29 is 14.6 Å². The van der Waals surface area contributed by atoms with Crippen molar-refractivity contribution in [2.75, 3.05) is 5.73 Å². The zero-order chi connectivity index (χ0) is 13.1. The Labute approximate surface area is 105 Å². The van der Waals surface area contributed by atoms with Crippen LogP contribution in [-0.4, -0.2) is 11.1 Å². The minimum absolute atomic E-state index is 0.145. The number of nitrogens with two attached hydrogens (primary N) is 1. The summed E-state index contributed by atoms with van der Waals surface area (Å²) in [6.07, 6.45) is 0. The molecule has 0 radical (unpaired) electrons. The van der Waals surface area contributed by atoms with Crippen molar-refractivity contribution in [3.8, 4) is 11.5 Å². The van der Waals surface area contributed by atoms with Gasteiger partial charge in [-0.3, -0.25) is 0 Å². The maximum Gasteiger partial charge on any atom is 0.335 e. The van der Waals surface area contributed by atoms with Crippen LogP contribution in [-0.2, 0) is 0 Å². The topological polar surface area (TPSA) is 72.5 Å². The zero-order valence-electron chi connectivity index (χ0n) is 9.88. The monoisotopic (exact) mass is 243 g/mol. The second-order valence-electron chi connectivity index (χ2n) is 3.97. The highest BCUT2D eigenvalue weighted by Crippen LogP contribution is 2.28. The van der Waals surface area contributed by atoms with E-state index in [9.17, 15) is 4.79 Å². The predicted molar refractivity (Wildman–Crippen MR) is 69.1 cm³/mol. The summed E-state index contributed by atoms with van der Waals surface area (Å²) in [6.45, 7) is 1.98. The second-order valence-corrected chi connectivity index (χ2v) is 3.97. The molecular weight excluding hydrogens is 230 g/mol. The van der Waals surface area contributed by atoms with Crippen molar-refractivity contribution >= 4 is 11.7 Å². The number of anilines is 1.